The second-order valence-electron chi connectivity index (χ2n) is 5.68. The summed E-state index contributed by atoms with van der Waals surface area (Å²) in [5.41, 5.74) is 6.57. The van der Waals surface area contributed by atoms with E-state index >= 15 is 0 Å². The number of fused-ring (bicyclic) bond motifs is 1. The quantitative estimate of drug-likeness (QED) is 0.901. The first kappa shape index (κ1) is 13.3. The Balaban J connectivity index is 2.01. The molecule has 0 saturated heterocycles. The second-order valence-corrected chi connectivity index (χ2v) is 5.68. The summed E-state index contributed by atoms with van der Waals surface area (Å²) < 4.78 is 29.0. The van der Waals surface area contributed by atoms with Crippen LogP contribution in [0, 0.1) is 17.6 Å². The molecule has 20 heavy (non-hydrogen) atoms. The van der Waals surface area contributed by atoms with Gasteiger partial charge in [0.05, 0.1) is 5.52 Å². The van der Waals surface area contributed by atoms with Crippen molar-refractivity contribution in [2.24, 2.45) is 5.92 Å². The van der Waals surface area contributed by atoms with Gasteiger partial charge >= 0.3 is 0 Å². The van der Waals surface area contributed by atoms with Crippen molar-refractivity contribution in [3.63, 3.8) is 0 Å². The fourth-order valence-corrected chi connectivity index (χ4v) is 3.33. The van der Waals surface area contributed by atoms with E-state index in [0.717, 1.165) is 37.7 Å². The predicted molar refractivity (Wildman–Crippen MR) is 75.3 cm³/mol. The summed E-state index contributed by atoms with van der Waals surface area (Å²) in [5, 5.41) is 0. The zero-order chi connectivity index (χ0) is 14.3. The molecule has 2 N–H and O–H groups in total. The lowest BCUT2D eigenvalue weighted by molar-refractivity contribution is 0.275. The fraction of sp³-hybridized carbons (Fsp3) is 0.533. The zero-order valence-corrected chi connectivity index (χ0v) is 11.6. The molecule has 0 atom stereocenters. The molecular formula is C15H19F2N3. The lowest BCUT2D eigenvalue weighted by Gasteiger charge is -2.29. The molecule has 0 radical (unpaired) electrons. The molecular weight excluding hydrogens is 260 g/mol. The predicted octanol–water partition coefficient (Wildman–Crippen LogP) is 4.04. The lowest BCUT2D eigenvalue weighted by Crippen LogP contribution is -2.19. The molecule has 1 aliphatic rings. The lowest BCUT2D eigenvalue weighted by atomic mass is 9.84. The minimum atomic E-state index is -0.646. The Morgan fingerprint density at radius 2 is 1.95 bits per heavy atom. The van der Waals surface area contributed by atoms with Gasteiger partial charge in [0, 0.05) is 18.2 Å². The number of hydrogen-bond donors (Lipinski definition) is 1. The van der Waals surface area contributed by atoms with Crippen LogP contribution in [0.3, 0.4) is 0 Å². The van der Waals surface area contributed by atoms with Gasteiger partial charge in [-0.25, -0.2) is 13.8 Å². The van der Waals surface area contributed by atoms with Crippen LogP contribution in [0.15, 0.2) is 12.1 Å². The first-order valence-corrected chi connectivity index (χ1v) is 7.22. The molecule has 0 spiro atoms. The summed E-state index contributed by atoms with van der Waals surface area (Å²) in [6, 6.07) is 2.38. The molecule has 1 heterocycles. The molecule has 2 aromatic rings. The summed E-state index contributed by atoms with van der Waals surface area (Å²) in [7, 11) is 0. The van der Waals surface area contributed by atoms with E-state index in [1.807, 2.05) is 4.57 Å². The van der Waals surface area contributed by atoms with Crippen LogP contribution in [0.1, 0.15) is 45.1 Å². The number of anilines is 1. The van der Waals surface area contributed by atoms with Crippen molar-refractivity contribution in [1.29, 1.82) is 0 Å². The number of benzene rings is 1. The topological polar surface area (TPSA) is 43.8 Å². The number of aromatic nitrogens is 2. The zero-order valence-electron chi connectivity index (χ0n) is 11.6. The monoisotopic (exact) mass is 279 g/mol. The molecule has 3 nitrogen and oxygen atoms in total. The first-order chi connectivity index (χ1) is 9.60. The van der Waals surface area contributed by atoms with Crippen LogP contribution >= 0.6 is 0 Å². The van der Waals surface area contributed by atoms with E-state index in [1.54, 1.807) is 0 Å². The van der Waals surface area contributed by atoms with Crippen LogP contribution in [-0.2, 0) is 0 Å². The highest BCUT2D eigenvalue weighted by Gasteiger charge is 2.25. The molecule has 0 aliphatic heterocycles. The average Bonchev–Trinajstić information content (AvgIpc) is 2.76. The van der Waals surface area contributed by atoms with Crippen LogP contribution in [0.5, 0.6) is 0 Å². The largest absolute Gasteiger partial charge is 0.369 e. The van der Waals surface area contributed by atoms with Crippen LogP contribution in [0.4, 0.5) is 14.7 Å². The summed E-state index contributed by atoms with van der Waals surface area (Å²) in [6.07, 6.45) is 5.45. The minimum Gasteiger partial charge on any atom is -0.369 e. The van der Waals surface area contributed by atoms with E-state index in [0.29, 0.717) is 5.52 Å². The Morgan fingerprint density at radius 1 is 1.25 bits per heavy atom. The van der Waals surface area contributed by atoms with Gasteiger partial charge in [0.2, 0.25) is 5.95 Å². The van der Waals surface area contributed by atoms with E-state index in [1.165, 1.54) is 12.5 Å². The van der Waals surface area contributed by atoms with Gasteiger partial charge in [-0.05, 0) is 31.6 Å². The summed E-state index contributed by atoms with van der Waals surface area (Å²) >= 11 is 0. The minimum absolute atomic E-state index is 0.168. The fourth-order valence-electron chi connectivity index (χ4n) is 3.33. The Morgan fingerprint density at radius 3 is 2.60 bits per heavy atom. The Hall–Kier alpha value is -1.65. The highest BCUT2D eigenvalue weighted by molar-refractivity contribution is 5.79. The standard InChI is InChI=1S/C15H19F2N3/c1-2-9-3-5-11(6-4-9)20-13-8-10(16)7-12(17)14(13)19-15(20)18/h7-9,11H,2-6H2,1H3,(H2,18,19). The van der Waals surface area contributed by atoms with Crippen molar-refractivity contribution >= 4 is 17.0 Å². The summed E-state index contributed by atoms with van der Waals surface area (Å²) in [6.45, 7) is 2.21. The van der Waals surface area contributed by atoms with Gasteiger partial charge < -0.3 is 10.3 Å². The second kappa shape index (κ2) is 5.04. The molecule has 3 rings (SSSR count). The van der Waals surface area contributed by atoms with Crippen molar-refractivity contribution in [1.82, 2.24) is 9.55 Å². The number of nitrogens with two attached hydrogens (primary N) is 1. The maximum atomic E-state index is 13.8. The Labute approximate surface area is 116 Å². The van der Waals surface area contributed by atoms with E-state index in [-0.39, 0.29) is 17.5 Å². The number of rotatable bonds is 2. The molecule has 0 unspecified atom stereocenters. The van der Waals surface area contributed by atoms with Crippen molar-refractivity contribution in [2.45, 2.75) is 45.1 Å². The third kappa shape index (κ3) is 2.15. The molecule has 1 aliphatic carbocycles. The van der Waals surface area contributed by atoms with Gasteiger partial charge in [-0.15, -0.1) is 0 Å². The van der Waals surface area contributed by atoms with Crippen LogP contribution in [-0.4, -0.2) is 9.55 Å². The van der Waals surface area contributed by atoms with Gasteiger partial charge in [-0.1, -0.05) is 13.3 Å². The number of halogens is 2. The SMILES string of the molecule is CCC1CCC(n2c(N)nc3c(F)cc(F)cc32)CC1. The number of nitrogens with zero attached hydrogens (tertiary/aromatic N) is 2. The molecule has 108 valence electrons. The van der Waals surface area contributed by atoms with E-state index in [9.17, 15) is 8.78 Å². The number of imidazole rings is 1. The maximum absolute atomic E-state index is 13.8. The molecule has 1 saturated carbocycles. The summed E-state index contributed by atoms with van der Waals surface area (Å²) in [5.74, 6) is -0.189. The Bertz CT molecular complexity index is 628. The molecule has 0 amide bonds. The molecule has 5 heteroatoms. The van der Waals surface area contributed by atoms with Gasteiger partial charge in [-0.2, -0.15) is 0 Å². The van der Waals surface area contributed by atoms with Crippen molar-refractivity contribution in [3.05, 3.63) is 23.8 Å². The normalized spacial score (nSPS) is 23.4. The van der Waals surface area contributed by atoms with Crippen molar-refractivity contribution in [2.75, 3.05) is 5.73 Å². The van der Waals surface area contributed by atoms with E-state index < -0.39 is 11.6 Å². The third-order valence-corrected chi connectivity index (χ3v) is 4.50. The van der Waals surface area contributed by atoms with Crippen molar-refractivity contribution < 1.29 is 8.78 Å². The highest BCUT2D eigenvalue weighted by Crippen LogP contribution is 2.37. The third-order valence-electron chi connectivity index (χ3n) is 4.50. The Kier molecular flexibility index (Phi) is 3.36. The molecule has 1 fully saturated rings. The van der Waals surface area contributed by atoms with Gasteiger partial charge in [0.1, 0.15) is 11.3 Å². The maximum Gasteiger partial charge on any atom is 0.201 e. The smallest absolute Gasteiger partial charge is 0.201 e. The molecule has 0 bridgehead atoms. The molecule has 1 aromatic heterocycles. The van der Waals surface area contributed by atoms with Crippen LogP contribution in [0.2, 0.25) is 0 Å². The number of nitrogen functional groups attached to an aromatic ring is 1. The number of hydrogen-bond acceptors (Lipinski definition) is 2. The first-order valence-electron chi connectivity index (χ1n) is 7.22. The van der Waals surface area contributed by atoms with E-state index in [4.69, 9.17) is 5.73 Å². The average molecular weight is 279 g/mol. The van der Waals surface area contributed by atoms with Gasteiger partial charge in [-0.3, -0.25) is 0 Å². The highest BCUT2D eigenvalue weighted by atomic mass is 19.1. The van der Waals surface area contributed by atoms with Gasteiger partial charge in [0.25, 0.3) is 0 Å². The van der Waals surface area contributed by atoms with Crippen LogP contribution in [0.25, 0.3) is 11.0 Å². The van der Waals surface area contributed by atoms with Crippen LogP contribution < -0.4 is 5.73 Å². The molecule has 1 aromatic carbocycles. The van der Waals surface area contributed by atoms with Crippen molar-refractivity contribution in [3.8, 4) is 0 Å². The summed E-state index contributed by atoms with van der Waals surface area (Å²) in [4.78, 5) is 4.07. The van der Waals surface area contributed by atoms with Gasteiger partial charge in [0.15, 0.2) is 5.82 Å². The van der Waals surface area contributed by atoms with E-state index in [2.05, 4.69) is 11.9 Å².